The van der Waals surface area contributed by atoms with Crippen LogP contribution >= 0.6 is 11.3 Å². The van der Waals surface area contributed by atoms with Crippen LogP contribution in [0.3, 0.4) is 0 Å². The van der Waals surface area contributed by atoms with Crippen LogP contribution in [-0.2, 0) is 16.1 Å². The molecule has 0 fully saturated rings. The van der Waals surface area contributed by atoms with E-state index in [-0.39, 0.29) is 6.54 Å². The molecule has 0 spiro atoms. The van der Waals surface area contributed by atoms with Crippen LogP contribution in [0.4, 0.5) is 0 Å². The smallest absolute Gasteiger partial charge is 0.325 e. The van der Waals surface area contributed by atoms with Crippen molar-refractivity contribution in [3.8, 4) is 5.75 Å². The SMILES string of the molecule is COC(=O)Cn1c(=NC(=O)c2cc3ccccc3cc2OC)sc2cccc(C)c21. The van der Waals surface area contributed by atoms with Gasteiger partial charge < -0.3 is 14.0 Å². The number of ether oxygens (including phenoxy) is 2. The van der Waals surface area contributed by atoms with Gasteiger partial charge in [-0.1, -0.05) is 47.7 Å². The van der Waals surface area contributed by atoms with E-state index < -0.39 is 11.9 Å². The third-order valence-corrected chi connectivity index (χ3v) is 5.96. The number of fused-ring (bicyclic) bond motifs is 2. The minimum atomic E-state index is -0.430. The van der Waals surface area contributed by atoms with Crippen molar-refractivity contribution in [2.75, 3.05) is 14.2 Å². The number of aromatic nitrogens is 1. The highest BCUT2D eigenvalue weighted by Gasteiger charge is 2.16. The molecule has 4 rings (SSSR count). The third kappa shape index (κ3) is 3.59. The highest BCUT2D eigenvalue weighted by atomic mass is 32.1. The second kappa shape index (κ2) is 8.12. The zero-order valence-corrected chi connectivity index (χ0v) is 17.7. The van der Waals surface area contributed by atoms with Gasteiger partial charge in [0.2, 0.25) is 0 Å². The Bertz CT molecular complexity index is 1350. The number of amides is 1. The van der Waals surface area contributed by atoms with E-state index in [0.717, 1.165) is 26.6 Å². The summed E-state index contributed by atoms with van der Waals surface area (Å²) in [5.74, 6) is -0.380. The van der Waals surface area contributed by atoms with E-state index in [1.54, 1.807) is 10.6 Å². The lowest BCUT2D eigenvalue weighted by molar-refractivity contribution is -0.141. The molecule has 1 heterocycles. The summed E-state index contributed by atoms with van der Waals surface area (Å²) in [5.41, 5.74) is 2.23. The summed E-state index contributed by atoms with van der Waals surface area (Å²) in [6.45, 7) is 1.93. The normalized spacial score (nSPS) is 11.8. The molecule has 6 nitrogen and oxygen atoms in total. The predicted octanol–water partition coefficient (Wildman–Crippen LogP) is 4.09. The lowest BCUT2D eigenvalue weighted by atomic mass is 10.1. The van der Waals surface area contributed by atoms with Gasteiger partial charge in [0, 0.05) is 0 Å². The quantitative estimate of drug-likeness (QED) is 0.467. The minimum absolute atomic E-state index is 0.0255. The van der Waals surface area contributed by atoms with Gasteiger partial charge in [-0.15, -0.1) is 0 Å². The molecule has 0 bridgehead atoms. The first kappa shape index (κ1) is 19.8. The minimum Gasteiger partial charge on any atom is -0.496 e. The number of nitrogens with zero attached hydrogens (tertiary/aromatic N) is 2. The zero-order valence-electron chi connectivity index (χ0n) is 16.8. The average molecular weight is 420 g/mol. The van der Waals surface area contributed by atoms with E-state index in [1.807, 2.05) is 55.5 Å². The molecule has 0 saturated carbocycles. The van der Waals surface area contributed by atoms with Crippen LogP contribution < -0.4 is 9.54 Å². The van der Waals surface area contributed by atoms with Crippen LogP contribution in [0.2, 0.25) is 0 Å². The molecule has 0 aliphatic heterocycles. The summed E-state index contributed by atoms with van der Waals surface area (Å²) < 4.78 is 13.0. The van der Waals surface area contributed by atoms with Gasteiger partial charge in [-0.25, -0.2) is 0 Å². The molecule has 30 heavy (non-hydrogen) atoms. The Morgan fingerprint density at radius 2 is 1.77 bits per heavy atom. The van der Waals surface area contributed by atoms with Gasteiger partial charge in [0.05, 0.1) is 30.0 Å². The fourth-order valence-corrected chi connectivity index (χ4v) is 4.54. The molecule has 1 aromatic heterocycles. The molecule has 0 radical (unpaired) electrons. The van der Waals surface area contributed by atoms with Crippen LogP contribution in [0.15, 0.2) is 59.6 Å². The maximum absolute atomic E-state index is 13.1. The van der Waals surface area contributed by atoms with Crippen LogP contribution in [0.5, 0.6) is 5.75 Å². The van der Waals surface area contributed by atoms with Gasteiger partial charge >= 0.3 is 5.97 Å². The molecular formula is C23H20N2O4S. The number of hydrogen-bond donors (Lipinski definition) is 0. The first-order chi connectivity index (χ1) is 14.5. The fraction of sp³-hybridized carbons (Fsp3) is 0.174. The maximum atomic E-state index is 13.1. The number of benzene rings is 3. The first-order valence-corrected chi connectivity index (χ1v) is 10.1. The van der Waals surface area contributed by atoms with Gasteiger partial charge in [-0.3, -0.25) is 9.59 Å². The van der Waals surface area contributed by atoms with Gasteiger partial charge in [0.25, 0.3) is 5.91 Å². The Kier molecular flexibility index (Phi) is 5.37. The van der Waals surface area contributed by atoms with E-state index in [0.29, 0.717) is 16.1 Å². The van der Waals surface area contributed by atoms with Crippen molar-refractivity contribution < 1.29 is 19.1 Å². The molecular weight excluding hydrogens is 400 g/mol. The largest absolute Gasteiger partial charge is 0.496 e. The molecule has 0 saturated heterocycles. The van der Waals surface area contributed by atoms with Crippen molar-refractivity contribution in [2.24, 2.45) is 4.99 Å². The number of rotatable bonds is 4. The summed E-state index contributed by atoms with van der Waals surface area (Å²) in [7, 11) is 2.87. The standard InChI is InChI=1S/C23H20N2O4S/c1-14-7-6-10-19-21(14)25(13-20(26)29-3)23(30-19)24-22(27)17-11-15-8-4-5-9-16(15)12-18(17)28-2/h4-12H,13H2,1-3H3. The fourth-order valence-electron chi connectivity index (χ4n) is 3.44. The summed E-state index contributed by atoms with van der Waals surface area (Å²) in [5, 5.41) is 1.90. The molecule has 0 N–H and O–H groups in total. The Hall–Kier alpha value is -3.45. The number of hydrogen-bond acceptors (Lipinski definition) is 5. The van der Waals surface area contributed by atoms with Crippen molar-refractivity contribution >= 4 is 44.2 Å². The van der Waals surface area contributed by atoms with Gasteiger partial charge in [-0.2, -0.15) is 4.99 Å². The maximum Gasteiger partial charge on any atom is 0.325 e. The Morgan fingerprint density at radius 3 is 2.47 bits per heavy atom. The van der Waals surface area contributed by atoms with Crippen molar-refractivity contribution in [3.63, 3.8) is 0 Å². The number of carbonyl (C=O) groups is 2. The van der Waals surface area contributed by atoms with E-state index >= 15 is 0 Å². The number of esters is 1. The van der Waals surface area contributed by atoms with Crippen LogP contribution in [0.25, 0.3) is 21.0 Å². The second-order valence-electron chi connectivity index (χ2n) is 6.79. The van der Waals surface area contributed by atoms with Gasteiger partial charge in [0.1, 0.15) is 12.3 Å². The molecule has 7 heteroatoms. The van der Waals surface area contributed by atoms with E-state index in [2.05, 4.69) is 4.99 Å². The second-order valence-corrected chi connectivity index (χ2v) is 7.79. The topological polar surface area (TPSA) is 69.9 Å². The average Bonchev–Trinajstić information content (AvgIpc) is 3.10. The number of aryl methyl sites for hydroxylation is 1. The van der Waals surface area contributed by atoms with Crippen molar-refractivity contribution in [2.45, 2.75) is 13.5 Å². The number of para-hydroxylation sites is 1. The first-order valence-electron chi connectivity index (χ1n) is 9.33. The lowest BCUT2D eigenvalue weighted by Crippen LogP contribution is -2.22. The van der Waals surface area contributed by atoms with Crippen LogP contribution in [-0.4, -0.2) is 30.7 Å². The van der Waals surface area contributed by atoms with Gasteiger partial charge in [-0.05, 0) is 41.5 Å². The van der Waals surface area contributed by atoms with Crippen molar-refractivity contribution in [1.82, 2.24) is 4.57 Å². The Balaban J connectivity index is 1.90. The third-order valence-electron chi connectivity index (χ3n) is 4.91. The predicted molar refractivity (Wildman–Crippen MR) is 117 cm³/mol. The molecule has 0 atom stereocenters. The number of carbonyl (C=O) groups excluding carboxylic acids is 2. The molecule has 1 amide bonds. The van der Waals surface area contributed by atoms with Crippen LogP contribution in [0.1, 0.15) is 15.9 Å². The summed E-state index contributed by atoms with van der Waals surface area (Å²) in [6.07, 6.45) is 0. The molecule has 0 aliphatic carbocycles. The molecule has 0 aliphatic rings. The van der Waals surface area contributed by atoms with Crippen LogP contribution in [0, 0.1) is 6.92 Å². The lowest BCUT2D eigenvalue weighted by Gasteiger charge is -2.08. The van der Waals surface area contributed by atoms with Crippen molar-refractivity contribution in [1.29, 1.82) is 0 Å². The molecule has 3 aromatic carbocycles. The summed E-state index contributed by atoms with van der Waals surface area (Å²) >= 11 is 1.36. The summed E-state index contributed by atoms with van der Waals surface area (Å²) in [4.78, 5) is 29.9. The number of methoxy groups -OCH3 is 2. The van der Waals surface area contributed by atoms with E-state index in [1.165, 1.54) is 25.6 Å². The van der Waals surface area contributed by atoms with E-state index in [4.69, 9.17) is 9.47 Å². The highest BCUT2D eigenvalue weighted by molar-refractivity contribution is 7.16. The Labute approximate surface area is 177 Å². The summed E-state index contributed by atoms with van der Waals surface area (Å²) in [6, 6.07) is 17.2. The highest BCUT2D eigenvalue weighted by Crippen LogP contribution is 2.27. The van der Waals surface area contributed by atoms with Crippen molar-refractivity contribution in [3.05, 3.63) is 70.5 Å². The van der Waals surface area contributed by atoms with E-state index in [9.17, 15) is 9.59 Å². The molecule has 152 valence electrons. The number of thiazole rings is 1. The zero-order chi connectivity index (χ0) is 21.3. The Morgan fingerprint density at radius 1 is 1.03 bits per heavy atom. The van der Waals surface area contributed by atoms with Gasteiger partial charge in [0.15, 0.2) is 4.80 Å². The molecule has 0 unspecified atom stereocenters. The molecule has 4 aromatic rings. The monoisotopic (exact) mass is 420 g/mol.